The van der Waals surface area contributed by atoms with Crippen LogP contribution in [0.2, 0.25) is 0 Å². The van der Waals surface area contributed by atoms with Crippen molar-refractivity contribution in [3.63, 3.8) is 0 Å². The van der Waals surface area contributed by atoms with Crippen molar-refractivity contribution < 1.29 is 19.1 Å². The Hall–Kier alpha value is -2.82. The molecule has 5 heteroatoms. The van der Waals surface area contributed by atoms with Crippen molar-refractivity contribution in [3.8, 4) is 11.5 Å². The summed E-state index contributed by atoms with van der Waals surface area (Å²) >= 11 is 0. The van der Waals surface area contributed by atoms with E-state index in [0.29, 0.717) is 30.0 Å². The van der Waals surface area contributed by atoms with E-state index >= 15 is 0 Å². The highest BCUT2D eigenvalue weighted by atomic mass is 16.7. The van der Waals surface area contributed by atoms with Crippen LogP contribution in [0, 0.1) is 5.92 Å². The lowest BCUT2D eigenvalue weighted by Crippen LogP contribution is -2.33. The summed E-state index contributed by atoms with van der Waals surface area (Å²) in [7, 11) is 0. The van der Waals surface area contributed by atoms with Crippen LogP contribution in [-0.2, 0) is 17.8 Å². The minimum absolute atomic E-state index is 0.149. The highest BCUT2D eigenvalue weighted by molar-refractivity contribution is 6.13. The van der Waals surface area contributed by atoms with Gasteiger partial charge in [0.15, 0.2) is 17.3 Å². The van der Waals surface area contributed by atoms with Crippen LogP contribution in [0.1, 0.15) is 21.5 Å². The van der Waals surface area contributed by atoms with Crippen molar-refractivity contribution in [1.82, 2.24) is 5.32 Å². The van der Waals surface area contributed by atoms with Gasteiger partial charge < -0.3 is 14.8 Å². The van der Waals surface area contributed by atoms with E-state index in [1.165, 1.54) is 0 Å². The van der Waals surface area contributed by atoms with Gasteiger partial charge in [-0.15, -0.1) is 0 Å². The molecule has 1 atom stereocenters. The van der Waals surface area contributed by atoms with Crippen LogP contribution in [0.4, 0.5) is 0 Å². The molecule has 5 nitrogen and oxygen atoms in total. The van der Waals surface area contributed by atoms with E-state index in [1.54, 1.807) is 12.1 Å². The minimum Gasteiger partial charge on any atom is -0.454 e. The quantitative estimate of drug-likeness (QED) is 0.882. The highest BCUT2D eigenvalue weighted by Crippen LogP contribution is 2.39. The van der Waals surface area contributed by atoms with Crippen molar-refractivity contribution in [2.75, 3.05) is 6.79 Å². The zero-order valence-corrected chi connectivity index (χ0v) is 12.4. The van der Waals surface area contributed by atoms with Crippen LogP contribution >= 0.6 is 0 Å². The molecule has 0 saturated carbocycles. The summed E-state index contributed by atoms with van der Waals surface area (Å²) in [5.74, 6) is 0.154. The molecule has 1 amide bonds. The first kappa shape index (κ1) is 13.8. The normalized spacial score (nSPS) is 17.9. The molecular weight excluding hydrogens is 294 g/mol. The van der Waals surface area contributed by atoms with Gasteiger partial charge in [-0.25, -0.2) is 0 Å². The number of Topliss-reactive ketones (excluding diaryl/α,β-unsaturated/α-hetero) is 1. The van der Waals surface area contributed by atoms with Gasteiger partial charge in [0.25, 0.3) is 0 Å². The first-order valence-corrected chi connectivity index (χ1v) is 7.51. The van der Waals surface area contributed by atoms with E-state index in [-0.39, 0.29) is 18.5 Å². The maximum Gasteiger partial charge on any atom is 0.231 e. The van der Waals surface area contributed by atoms with Gasteiger partial charge in [0.2, 0.25) is 12.7 Å². The van der Waals surface area contributed by atoms with Crippen molar-refractivity contribution in [1.29, 1.82) is 0 Å². The number of carbonyl (C=O) groups excluding carboxylic acids is 2. The van der Waals surface area contributed by atoms with Gasteiger partial charge in [-0.2, -0.15) is 0 Å². The molecule has 0 radical (unpaired) electrons. The number of benzene rings is 2. The Bertz CT molecular complexity index is 785. The van der Waals surface area contributed by atoms with E-state index in [9.17, 15) is 9.59 Å². The van der Waals surface area contributed by atoms with Crippen molar-refractivity contribution >= 4 is 11.7 Å². The zero-order valence-electron chi connectivity index (χ0n) is 12.4. The number of ketones is 1. The lowest BCUT2D eigenvalue weighted by atomic mass is 10.0. The molecule has 116 valence electrons. The largest absolute Gasteiger partial charge is 0.454 e. The van der Waals surface area contributed by atoms with Gasteiger partial charge in [0.05, 0.1) is 0 Å². The average molecular weight is 309 g/mol. The third kappa shape index (κ3) is 2.44. The SMILES string of the molecule is O=C(NCc1ccccc1)C1Cc2cc3c(cc2C1=O)OCO3. The van der Waals surface area contributed by atoms with Gasteiger partial charge in [-0.3, -0.25) is 9.59 Å². The molecule has 1 N–H and O–H groups in total. The van der Waals surface area contributed by atoms with Crippen molar-refractivity contribution in [2.24, 2.45) is 5.92 Å². The van der Waals surface area contributed by atoms with Crippen LogP contribution < -0.4 is 14.8 Å². The Kier molecular flexibility index (Phi) is 3.26. The second-order valence-electron chi connectivity index (χ2n) is 5.69. The molecule has 1 unspecified atom stereocenters. The van der Waals surface area contributed by atoms with E-state index in [1.807, 2.05) is 30.3 Å². The number of rotatable bonds is 3. The summed E-state index contributed by atoms with van der Waals surface area (Å²) in [5, 5.41) is 2.84. The number of carbonyl (C=O) groups is 2. The van der Waals surface area contributed by atoms with Gasteiger partial charge in [-0.1, -0.05) is 30.3 Å². The van der Waals surface area contributed by atoms with Crippen LogP contribution in [-0.4, -0.2) is 18.5 Å². The predicted octanol–water partition coefficient (Wildman–Crippen LogP) is 2.09. The maximum absolute atomic E-state index is 12.5. The predicted molar refractivity (Wildman–Crippen MR) is 82.4 cm³/mol. The standard InChI is InChI=1S/C18H15NO4/c20-17-13-8-16-15(22-10-23-16)7-12(13)6-14(17)18(21)19-9-11-4-2-1-3-5-11/h1-5,7-8,14H,6,9-10H2,(H,19,21). The Morgan fingerprint density at radius 2 is 1.87 bits per heavy atom. The van der Waals surface area contributed by atoms with Gasteiger partial charge >= 0.3 is 0 Å². The van der Waals surface area contributed by atoms with Crippen molar-refractivity contribution in [3.05, 3.63) is 59.2 Å². The smallest absolute Gasteiger partial charge is 0.231 e. The first-order valence-electron chi connectivity index (χ1n) is 7.51. The summed E-state index contributed by atoms with van der Waals surface area (Å²) in [6, 6.07) is 13.1. The zero-order chi connectivity index (χ0) is 15.8. The Balaban J connectivity index is 1.48. The molecule has 0 spiro atoms. The molecule has 0 saturated heterocycles. The number of ether oxygens (including phenoxy) is 2. The summed E-state index contributed by atoms with van der Waals surface area (Å²) in [6.07, 6.45) is 0.408. The molecule has 1 heterocycles. The summed E-state index contributed by atoms with van der Waals surface area (Å²) in [6.45, 7) is 0.593. The molecule has 2 aromatic rings. The Morgan fingerprint density at radius 1 is 1.13 bits per heavy atom. The molecule has 1 aliphatic heterocycles. The number of fused-ring (bicyclic) bond motifs is 2. The second-order valence-corrected chi connectivity index (χ2v) is 5.69. The molecular formula is C18H15NO4. The first-order chi connectivity index (χ1) is 11.2. The summed E-state index contributed by atoms with van der Waals surface area (Å²) < 4.78 is 10.6. The fraction of sp³-hybridized carbons (Fsp3) is 0.222. The maximum atomic E-state index is 12.5. The minimum atomic E-state index is -0.670. The monoisotopic (exact) mass is 309 g/mol. The number of hydrogen-bond donors (Lipinski definition) is 1. The second kappa shape index (κ2) is 5.43. The third-order valence-electron chi connectivity index (χ3n) is 4.23. The van der Waals surface area contributed by atoms with E-state index in [4.69, 9.17) is 9.47 Å². The van der Waals surface area contributed by atoms with Crippen LogP contribution in [0.15, 0.2) is 42.5 Å². The van der Waals surface area contributed by atoms with Gasteiger partial charge in [0, 0.05) is 12.1 Å². The molecule has 0 fully saturated rings. The molecule has 23 heavy (non-hydrogen) atoms. The molecule has 2 aliphatic rings. The van der Waals surface area contributed by atoms with E-state index in [0.717, 1.165) is 11.1 Å². The lowest BCUT2D eigenvalue weighted by molar-refractivity contribution is -0.123. The summed E-state index contributed by atoms with van der Waals surface area (Å²) in [5.41, 5.74) is 2.41. The van der Waals surface area contributed by atoms with Crippen LogP contribution in [0.3, 0.4) is 0 Å². The fourth-order valence-corrected chi connectivity index (χ4v) is 3.00. The average Bonchev–Trinajstić information content (AvgIpc) is 3.16. The van der Waals surface area contributed by atoms with Gasteiger partial charge in [-0.05, 0) is 29.7 Å². The molecule has 0 aromatic heterocycles. The number of hydrogen-bond acceptors (Lipinski definition) is 4. The van der Waals surface area contributed by atoms with Gasteiger partial charge in [0.1, 0.15) is 5.92 Å². The summed E-state index contributed by atoms with van der Waals surface area (Å²) in [4.78, 5) is 24.8. The third-order valence-corrected chi connectivity index (χ3v) is 4.23. The van der Waals surface area contributed by atoms with E-state index < -0.39 is 5.92 Å². The number of amides is 1. The topological polar surface area (TPSA) is 64.6 Å². The molecule has 2 aromatic carbocycles. The Morgan fingerprint density at radius 3 is 2.65 bits per heavy atom. The molecule has 4 rings (SSSR count). The van der Waals surface area contributed by atoms with Crippen LogP contribution in [0.25, 0.3) is 0 Å². The highest BCUT2D eigenvalue weighted by Gasteiger charge is 2.37. The molecule has 0 bridgehead atoms. The fourth-order valence-electron chi connectivity index (χ4n) is 3.00. The Labute approximate surface area is 133 Å². The van der Waals surface area contributed by atoms with Crippen molar-refractivity contribution in [2.45, 2.75) is 13.0 Å². The molecule has 1 aliphatic carbocycles. The van der Waals surface area contributed by atoms with E-state index in [2.05, 4.69) is 5.32 Å². The number of nitrogens with one attached hydrogen (secondary N) is 1. The lowest BCUT2D eigenvalue weighted by Gasteiger charge is -2.09. The van der Waals surface area contributed by atoms with Crippen LogP contribution in [0.5, 0.6) is 11.5 Å².